The summed E-state index contributed by atoms with van der Waals surface area (Å²) in [6.45, 7) is 0.581. The predicted molar refractivity (Wildman–Crippen MR) is 69.0 cm³/mol. The molecule has 0 radical (unpaired) electrons. The van der Waals surface area contributed by atoms with E-state index < -0.39 is 5.82 Å². The minimum absolute atomic E-state index is 0.0198. The van der Waals surface area contributed by atoms with Crippen LogP contribution in [0.5, 0.6) is 0 Å². The number of hydrogen-bond acceptors (Lipinski definition) is 4. The Balaban J connectivity index is 1.99. The molecule has 0 fully saturated rings. The molecule has 0 spiro atoms. The van der Waals surface area contributed by atoms with Gasteiger partial charge in [-0.15, -0.1) is 10.2 Å². The highest BCUT2D eigenvalue weighted by Crippen LogP contribution is 2.25. The normalized spacial score (nSPS) is 10.6. The van der Waals surface area contributed by atoms with Crippen molar-refractivity contribution < 1.29 is 4.39 Å². The zero-order valence-corrected chi connectivity index (χ0v) is 10.6. The first-order chi connectivity index (χ1) is 8.58. The number of nitrogens with two attached hydrogens (primary N) is 1. The van der Waals surface area contributed by atoms with E-state index >= 15 is 0 Å². The molecule has 0 aliphatic rings. The molecule has 0 aliphatic heterocycles. The highest BCUT2D eigenvalue weighted by molar-refractivity contribution is 6.31. The van der Waals surface area contributed by atoms with Gasteiger partial charge >= 0.3 is 0 Å². The molecule has 96 valence electrons. The van der Waals surface area contributed by atoms with Crippen LogP contribution in [-0.4, -0.2) is 21.3 Å². The molecule has 1 aromatic carbocycles. The Hall–Kier alpha value is -1.82. The van der Waals surface area contributed by atoms with Crippen molar-refractivity contribution in [1.82, 2.24) is 14.8 Å². The molecular formula is C11H13ClFN5. The SMILES string of the molecule is Cn1cnnc1CCNc1cc(F)c(Cl)cc1N. The maximum absolute atomic E-state index is 13.3. The molecule has 1 heterocycles. The topological polar surface area (TPSA) is 68.8 Å². The number of nitrogens with one attached hydrogen (secondary N) is 1. The lowest BCUT2D eigenvalue weighted by molar-refractivity contribution is 0.629. The second-order valence-electron chi connectivity index (χ2n) is 3.89. The summed E-state index contributed by atoms with van der Waals surface area (Å²) in [5.41, 5.74) is 6.68. The van der Waals surface area contributed by atoms with Crippen LogP contribution in [0, 0.1) is 5.82 Å². The number of anilines is 2. The molecule has 0 aliphatic carbocycles. The van der Waals surface area contributed by atoms with Crippen LogP contribution in [0.3, 0.4) is 0 Å². The number of aryl methyl sites for hydroxylation is 1. The van der Waals surface area contributed by atoms with E-state index in [1.54, 1.807) is 6.33 Å². The third kappa shape index (κ3) is 2.70. The molecule has 0 saturated carbocycles. The fourth-order valence-corrected chi connectivity index (χ4v) is 1.73. The lowest BCUT2D eigenvalue weighted by Crippen LogP contribution is -2.10. The fourth-order valence-electron chi connectivity index (χ4n) is 1.56. The Morgan fingerprint density at radius 3 is 2.94 bits per heavy atom. The van der Waals surface area contributed by atoms with E-state index in [4.69, 9.17) is 17.3 Å². The highest BCUT2D eigenvalue weighted by atomic mass is 35.5. The van der Waals surface area contributed by atoms with Crippen LogP contribution in [0.25, 0.3) is 0 Å². The molecule has 18 heavy (non-hydrogen) atoms. The molecule has 0 unspecified atom stereocenters. The van der Waals surface area contributed by atoms with Crippen LogP contribution in [0.1, 0.15) is 5.82 Å². The Kier molecular flexibility index (Phi) is 3.66. The summed E-state index contributed by atoms with van der Waals surface area (Å²) in [4.78, 5) is 0. The van der Waals surface area contributed by atoms with Crippen molar-refractivity contribution in [2.24, 2.45) is 7.05 Å². The number of aromatic nitrogens is 3. The van der Waals surface area contributed by atoms with Gasteiger partial charge in [0.1, 0.15) is 18.0 Å². The number of benzene rings is 1. The number of rotatable bonds is 4. The minimum atomic E-state index is -0.493. The van der Waals surface area contributed by atoms with E-state index in [-0.39, 0.29) is 5.02 Å². The van der Waals surface area contributed by atoms with Crippen molar-refractivity contribution >= 4 is 23.0 Å². The van der Waals surface area contributed by atoms with E-state index in [1.165, 1.54) is 12.1 Å². The third-order valence-corrected chi connectivity index (χ3v) is 2.85. The Bertz CT molecular complexity index is 554. The van der Waals surface area contributed by atoms with Gasteiger partial charge in [-0.3, -0.25) is 0 Å². The molecule has 1 aromatic heterocycles. The summed E-state index contributed by atoms with van der Waals surface area (Å²) in [6.07, 6.45) is 2.30. The first-order valence-electron chi connectivity index (χ1n) is 5.39. The zero-order valence-electron chi connectivity index (χ0n) is 9.82. The van der Waals surface area contributed by atoms with Crippen LogP contribution in [0.4, 0.5) is 15.8 Å². The second kappa shape index (κ2) is 5.22. The average molecular weight is 270 g/mol. The molecular weight excluding hydrogens is 257 g/mol. The van der Waals surface area contributed by atoms with Gasteiger partial charge in [-0.2, -0.15) is 0 Å². The molecule has 2 aromatic rings. The first kappa shape index (κ1) is 12.6. The monoisotopic (exact) mass is 269 g/mol. The molecule has 0 bridgehead atoms. The van der Waals surface area contributed by atoms with E-state index in [1.807, 2.05) is 11.6 Å². The molecule has 2 rings (SSSR count). The predicted octanol–water partition coefficient (Wildman–Crippen LogP) is 1.84. The van der Waals surface area contributed by atoms with Crippen LogP contribution in [0.15, 0.2) is 18.5 Å². The largest absolute Gasteiger partial charge is 0.397 e. The van der Waals surface area contributed by atoms with Gasteiger partial charge in [0.25, 0.3) is 0 Å². The number of nitrogens with zero attached hydrogens (tertiary/aromatic N) is 3. The summed E-state index contributed by atoms with van der Waals surface area (Å²) >= 11 is 5.62. The smallest absolute Gasteiger partial charge is 0.143 e. The molecule has 3 N–H and O–H groups in total. The van der Waals surface area contributed by atoms with Crippen LogP contribution < -0.4 is 11.1 Å². The summed E-state index contributed by atoms with van der Waals surface area (Å²) in [6, 6.07) is 2.68. The zero-order chi connectivity index (χ0) is 13.1. The van der Waals surface area contributed by atoms with Gasteiger partial charge in [-0.25, -0.2) is 4.39 Å². The summed E-state index contributed by atoms with van der Waals surface area (Å²) in [7, 11) is 1.87. The number of nitrogen functional groups attached to an aromatic ring is 1. The second-order valence-corrected chi connectivity index (χ2v) is 4.30. The first-order valence-corrected chi connectivity index (χ1v) is 5.77. The summed E-state index contributed by atoms with van der Waals surface area (Å²) < 4.78 is 15.1. The molecule has 0 amide bonds. The van der Waals surface area contributed by atoms with Crippen molar-refractivity contribution in [3.05, 3.63) is 35.1 Å². The Morgan fingerprint density at radius 2 is 2.28 bits per heavy atom. The maximum atomic E-state index is 13.3. The van der Waals surface area contributed by atoms with Crippen LogP contribution >= 0.6 is 11.6 Å². The molecule has 0 saturated heterocycles. The van der Waals surface area contributed by atoms with E-state index in [9.17, 15) is 4.39 Å². The maximum Gasteiger partial charge on any atom is 0.143 e. The molecule has 5 nitrogen and oxygen atoms in total. The lowest BCUT2D eigenvalue weighted by Gasteiger charge is -2.09. The summed E-state index contributed by atoms with van der Waals surface area (Å²) in [5, 5.41) is 10.8. The van der Waals surface area contributed by atoms with E-state index in [0.717, 1.165) is 5.82 Å². The van der Waals surface area contributed by atoms with Gasteiger partial charge in [0.15, 0.2) is 0 Å². The van der Waals surface area contributed by atoms with Gasteiger partial charge in [-0.05, 0) is 6.07 Å². The third-order valence-electron chi connectivity index (χ3n) is 2.56. The van der Waals surface area contributed by atoms with Gasteiger partial charge in [0, 0.05) is 26.1 Å². The van der Waals surface area contributed by atoms with Crippen molar-refractivity contribution in [3.8, 4) is 0 Å². The van der Waals surface area contributed by atoms with Gasteiger partial charge < -0.3 is 15.6 Å². The molecule has 0 atom stereocenters. The van der Waals surface area contributed by atoms with Gasteiger partial charge in [0.2, 0.25) is 0 Å². The van der Waals surface area contributed by atoms with Gasteiger partial charge in [-0.1, -0.05) is 11.6 Å². The number of halogens is 2. The van der Waals surface area contributed by atoms with Crippen LogP contribution in [-0.2, 0) is 13.5 Å². The van der Waals surface area contributed by atoms with Crippen molar-refractivity contribution in [3.63, 3.8) is 0 Å². The average Bonchev–Trinajstić information content (AvgIpc) is 2.72. The summed E-state index contributed by atoms with van der Waals surface area (Å²) in [5.74, 6) is 0.350. The van der Waals surface area contributed by atoms with Crippen molar-refractivity contribution in [2.75, 3.05) is 17.6 Å². The van der Waals surface area contributed by atoms with Crippen LogP contribution in [0.2, 0.25) is 5.02 Å². The Morgan fingerprint density at radius 1 is 1.50 bits per heavy atom. The van der Waals surface area contributed by atoms with Gasteiger partial charge in [0.05, 0.1) is 16.4 Å². The van der Waals surface area contributed by atoms with E-state index in [2.05, 4.69) is 15.5 Å². The lowest BCUT2D eigenvalue weighted by atomic mass is 10.2. The standard InChI is InChI=1S/C11H13ClFN5/c1-18-6-16-17-11(18)2-3-15-10-5-8(13)7(12)4-9(10)14/h4-6,15H,2-3,14H2,1H3. The Labute approximate surface area is 109 Å². The minimum Gasteiger partial charge on any atom is -0.397 e. The fraction of sp³-hybridized carbons (Fsp3) is 0.273. The van der Waals surface area contributed by atoms with E-state index in [0.29, 0.717) is 24.3 Å². The molecule has 7 heteroatoms. The van der Waals surface area contributed by atoms with Crippen molar-refractivity contribution in [2.45, 2.75) is 6.42 Å². The number of hydrogen-bond donors (Lipinski definition) is 2. The quantitative estimate of drug-likeness (QED) is 0.831. The van der Waals surface area contributed by atoms with Crippen molar-refractivity contribution in [1.29, 1.82) is 0 Å². The highest BCUT2D eigenvalue weighted by Gasteiger charge is 2.06.